The van der Waals surface area contributed by atoms with E-state index in [4.69, 9.17) is 4.98 Å². The van der Waals surface area contributed by atoms with Gasteiger partial charge < -0.3 is 0 Å². The molecule has 0 aliphatic heterocycles. The molecule has 0 amide bonds. The molecule has 2 heteroatoms. The summed E-state index contributed by atoms with van der Waals surface area (Å²) >= 11 is 1.95. The first-order valence-electron chi connectivity index (χ1n) is 6.36. The molecule has 0 spiro atoms. The van der Waals surface area contributed by atoms with E-state index in [9.17, 15) is 0 Å². The average molecular weight is 237 g/mol. The van der Waals surface area contributed by atoms with E-state index in [0.29, 0.717) is 11.3 Å². The second-order valence-electron chi connectivity index (χ2n) is 6.38. The van der Waals surface area contributed by atoms with Gasteiger partial charge in [0.25, 0.3) is 0 Å². The van der Waals surface area contributed by atoms with Crippen molar-refractivity contribution in [2.24, 2.45) is 11.3 Å². The van der Waals surface area contributed by atoms with Crippen molar-refractivity contribution in [1.29, 1.82) is 0 Å². The number of hydrogen-bond donors (Lipinski definition) is 0. The van der Waals surface area contributed by atoms with Crippen LogP contribution in [0.4, 0.5) is 0 Å². The lowest BCUT2D eigenvalue weighted by Gasteiger charge is -2.33. The molecule has 16 heavy (non-hydrogen) atoms. The Labute approximate surface area is 103 Å². The van der Waals surface area contributed by atoms with Crippen molar-refractivity contribution in [2.45, 2.75) is 59.8 Å². The van der Waals surface area contributed by atoms with E-state index in [1.54, 1.807) is 4.88 Å². The van der Waals surface area contributed by atoms with Gasteiger partial charge in [-0.2, -0.15) is 0 Å². The highest BCUT2D eigenvalue weighted by Crippen LogP contribution is 2.39. The maximum atomic E-state index is 4.79. The van der Waals surface area contributed by atoms with Crippen LogP contribution in [0.2, 0.25) is 0 Å². The summed E-state index contributed by atoms with van der Waals surface area (Å²) in [5.41, 5.74) is 1.84. The molecule has 0 aromatic carbocycles. The third kappa shape index (κ3) is 2.32. The Hall–Kier alpha value is -0.370. The van der Waals surface area contributed by atoms with Gasteiger partial charge >= 0.3 is 0 Å². The van der Waals surface area contributed by atoms with E-state index >= 15 is 0 Å². The van der Waals surface area contributed by atoms with Gasteiger partial charge in [-0.1, -0.05) is 34.6 Å². The van der Waals surface area contributed by atoms with Crippen molar-refractivity contribution >= 4 is 11.3 Å². The van der Waals surface area contributed by atoms with E-state index in [1.165, 1.54) is 30.0 Å². The molecule has 1 unspecified atom stereocenters. The van der Waals surface area contributed by atoms with Crippen LogP contribution < -0.4 is 0 Å². The monoisotopic (exact) mass is 237 g/mol. The summed E-state index contributed by atoms with van der Waals surface area (Å²) in [5, 5.41) is 1.33. The fourth-order valence-corrected chi connectivity index (χ4v) is 3.58. The van der Waals surface area contributed by atoms with Crippen LogP contribution in [0.5, 0.6) is 0 Å². The number of fused-ring (bicyclic) bond motifs is 1. The highest BCUT2D eigenvalue weighted by atomic mass is 32.1. The van der Waals surface area contributed by atoms with Gasteiger partial charge in [0.15, 0.2) is 0 Å². The molecule has 90 valence electrons. The molecule has 1 atom stereocenters. The number of aryl methyl sites for hydroxylation is 1. The third-order valence-electron chi connectivity index (χ3n) is 3.67. The zero-order valence-corrected chi connectivity index (χ0v) is 11.9. The summed E-state index contributed by atoms with van der Waals surface area (Å²) < 4.78 is 0. The minimum atomic E-state index is 0.444. The molecule has 0 fully saturated rings. The third-order valence-corrected chi connectivity index (χ3v) is 5.10. The molecular weight excluding hydrogens is 214 g/mol. The number of rotatable bonds is 1. The van der Waals surface area contributed by atoms with Gasteiger partial charge in [-0.15, -0.1) is 11.3 Å². The van der Waals surface area contributed by atoms with Gasteiger partial charge in [0.1, 0.15) is 0 Å². The number of thiazole rings is 1. The van der Waals surface area contributed by atoms with Crippen LogP contribution in [0.15, 0.2) is 0 Å². The Morgan fingerprint density at radius 1 is 1.31 bits per heavy atom. The van der Waals surface area contributed by atoms with E-state index in [-0.39, 0.29) is 0 Å². The van der Waals surface area contributed by atoms with Gasteiger partial charge in [-0.3, -0.25) is 0 Å². The van der Waals surface area contributed by atoms with E-state index in [1.807, 2.05) is 11.3 Å². The largest absolute Gasteiger partial charge is 0.246 e. The lowest BCUT2D eigenvalue weighted by Crippen LogP contribution is -2.26. The molecule has 1 heterocycles. The predicted molar refractivity (Wildman–Crippen MR) is 71.2 cm³/mol. The van der Waals surface area contributed by atoms with Crippen LogP contribution in [-0.2, 0) is 12.8 Å². The SMILES string of the molecule is CC(C)c1nc2c(s1)CC(C(C)(C)C)CC2. The zero-order chi connectivity index (χ0) is 11.9. The first kappa shape index (κ1) is 12.1. The molecule has 1 aliphatic rings. The van der Waals surface area contributed by atoms with Gasteiger partial charge in [-0.05, 0) is 30.6 Å². The highest BCUT2D eigenvalue weighted by Gasteiger charge is 2.30. The summed E-state index contributed by atoms with van der Waals surface area (Å²) in [7, 11) is 0. The minimum Gasteiger partial charge on any atom is -0.246 e. The van der Waals surface area contributed by atoms with Crippen molar-refractivity contribution in [3.63, 3.8) is 0 Å². The summed E-state index contributed by atoms with van der Waals surface area (Å²) in [5.74, 6) is 1.42. The van der Waals surface area contributed by atoms with Crippen LogP contribution in [0, 0.1) is 11.3 Å². The average Bonchev–Trinajstić information content (AvgIpc) is 2.58. The van der Waals surface area contributed by atoms with Gasteiger partial charge in [0.05, 0.1) is 10.7 Å². The van der Waals surface area contributed by atoms with Crippen molar-refractivity contribution in [3.8, 4) is 0 Å². The summed E-state index contributed by atoms with van der Waals surface area (Å²) in [6.07, 6.45) is 3.77. The predicted octanol–water partition coefficient (Wildman–Crippen LogP) is 4.42. The molecule has 2 rings (SSSR count). The first-order chi connectivity index (χ1) is 7.38. The quantitative estimate of drug-likeness (QED) is 0.704. The Morgan fingerprint density at radius 3 is 2.56 bits per heavy atom. The standard InChI is InChI=1S/C14H23NS/c1-9(2)13-15-11-7-6-10(14(3,4)5)8-12(11)16-13/h9-10H,6-8H2,1-5H3. The molecule has 0 N–H and O–H groups in total. The smallest absolute Gasteiger partial charge is 0.0956 e. The molecule has 1 aromatic rings. The molecule has 1 nitrogen and oxygen atoms in total. The van der Waals surface area contributed by atoms with Crippen LogP contribution in [0.1, 0.15) is 62.5 Å². The Kier molecular flexibility index (Phi) is 3.13. The maximum Gasteiger partial charge on any atom is 0.0956 e. The van der Waals surface area contributed by atoms with Crippen LogP contribution in [0.3, 0.4) is 0 Å². The Morgan fingerprint density at radius 2 is 2.00 bits per heavy atom. The zero-order valence-electron chi connectivity index (χ0n) is 11.1. The summed E-state index contributed by atoms with van der Waals surface area (Å²) in [4.78, 5) is 6.35. The Balaban J connectivity index is 2.21. The van der Waals surface area contributed by atoms with Gasteiger partial charge in [0, 0.05) is 10.8 Å². The van der Waals surface area contributed by atoms with E-state index < -0.39 is 0 Å². The normalized spacial score (nSPS) is 21.2. The number of hydrogen-bond acceptors (Lipinski definition) is 2. The fourth-order valence-electron chi connectivity index (χ4n) is 2.38. The molecule has 0 bridgehead atoms. The highest BCUT2D eigenvalue weighted by molar-refractivity contribution is 7.11. The molecular formula is C14H23NS. The van der Waals surface area contributed by atoms with Crippen LogP contribution >= 0.6 is 11.3 Å². The second-order valence-corrected chi connectivity index (χ2v) is 7.50. The molecule has 1 aliphatic carbocycles. The molecule has 1 aromatic heterocycles. The van der Waals surface area contributed by atoms with Gasteiger partial charge in [-0.25, -0.2) is 4.98 Å². The van der Waals surface area contributed by atoms with Crippen molar-refractivity contribution in [2.75, 3.05) is 0 Å². The maximum absolute atomic E-state index is 4.79. The fraction of sp³-hybridized carbons (Fsp3) is 0.786. The molecule has 0 saturated carbocycles. The number of aromatic nitrogens is 1. The minimum absolute atomic E-state index is 0.444. The second kappa shape index (κ2) is 4.14. The van der Waals surface area contributed by atoms with E-state index in [2.05, 4.69) is 34.6 Å². The summed E-state index contributed by atoms with van der Waals surface area (Å²) in [6, 6.07) is 0. The first-order valence-corrected chi connectivity index (χ1v) is 7.18. The van der Waals surface area contributed by atoms with E-state index in [0.717, 1.165) is 5.92 Å². The summed E-state index contributed by atoms with van der Waals surface area (Å²) in [6.45, 7) is 11.6. The molecule has 0 radical (unpaired) electrons. The number of nitrogens with zero attached hydrogens (tertiary/aromatic N) is 1. The van der Waals surface area contributed by atoms with Gasteiger partial charge in [0.2, 0.25) is 0 Å². The van der Waals surface area contributed by atoms with Crippen molar-refractivity contribution < 1.29 is 0 Å². The van der Waals surface area contributed by atoms with Crippen molar-refractivity contribution in [3.05, 3.63) is 15.6 Å². The Bertz CT molecular complexity index is 371. The van der Waals surface area contributed by atoms with Crippen molar-refractivity contribution in [1.82, 2.24) is 4.98 Å². The molecule has 0 saturated heterocycles. The lowest BCUT2D eigenvalue weighted by molar-refractivity contribution is 0.217. The topological polar surface area (TPSA) is 12.9 Å². The van der Waals surface area contributed by atoms with Crippen LogP contribution in [0.25, 0.3) is 0 Å². The lowest BCUT2D eigenvalue weighted by atomic mass is 9.73. The van der Waals surface area contributed by atoms with Crippen LogP contribution in [-0.4, -0.2) is 4.98 Å².